The van der Waals surface area contributed by atoms with Crippen LogP contribution in [0.25, 0.3) is 11.2 Å². The van der Waals surface area contributed by atoms with Gasteiger partial charge in [-0.1, -0.05) is 12.1 Å². The minimum atomic E-state index is -1.30. The van der Waals surface area contributed by atoms with E-state index >= 15 is 0 Å². The molecule has 0 saturated carbocycles. The van der Waals surface area contributed by atoms with E-state index in [-0.39, 0.29) is 28.0 Å². The maximum Gasteiger partial charge on any atom is 0.519 e. The monoisotopic (exact) mass is 411 g/mol. The Morgan fingerprint density at radius 2 is 1.73 bits per heavy atom. The molecular weight excluding hydrogens is 394 g/mol. The van der Waals surface area contributed by atoms with Crippen LogP contribution in [-0.4, -0.2) is 23.4 Å². The van der Waals surface area contributed by atoms with Crippen LogP contribution < -0.4 is 15.9 Å². The van der Waals surface area contributed by atoms with E-state index in [9.17, 15) is 19.2 Å². The second kappa shape index (κ2) is 6.87. The van der Waals surface area contributed by atoms with Gasteiger partial charge in [0.05, 0.1) is 11.1 Å². The van der Waals surface area contributed by atoms with E-state index in [1.54, 1.807) is 20.8 Å². The van der Waals surface area contributed by atoms with Crippen LogP contribution in [-0.2, 0) is 9.53 Å². The predicted molar refractivity (Wildman–Crippen MR) is 102 cm³/mol. The lowest BCUT2D eigenvalue weighted by Gasteiger charge is -2.25. The van der Waals surface area contributed by atoms with Crippen LogP contribution in [0.5, 0.6) is 5.75 Å². The predicted octanol–water partition coefficient (Wildman–Crippen LogP) is 2.73. The summed E-state index contributed by atoms with van der Waals surface area (Å²) in [5.41, 5.74) is 0.0160. The van der Waals surface area contributed by atoms with Crippen molar-refractivity contribution >= 4 is 28.9 Å². The smallest absolute Gasteiger partial charge is 0.473 e. The summed E-state index contributed by atoms with van der Waals surface area (Å²) in [6.07, 6.45) is -1.30. The third kappa shape index (κ3) is 3.57. The SMILES string of the molecule is CC(C)(C)OC(=O)C(Oc1cccc2c1C(=O)NC2=O)c1ccc2oc(=O)oc2c1. The summed E-state index contributed by atoms with van der Waals surface area (Å²) in [5.74, 6) is -2.73. The number of benzene rings is 2. The van der Waals surface area contributed by atoms with E-state index in [1.165, 1.54) is 36.4 Å². The highest BCUT2D eigenvalue weighted by molar-refractivity contribution is 6.22. The molecule has 0 spiro atoms. The molecule has 1 unspecified atom stereocenters. The highest BCUT2D eigenvalue weighted by Crippen LogP contribution is 2.32. The van der Waals surface area contributed by atoms with Crippen molar-refractivity contribution in [3.05, 3.63) is 63.7 Å². The lowest BCUT2D eigenvalue weighted by molar-refractivity contribution is -0.163. The average molecular weight is 411 g/mol. The van der Waals surface area contributed by atoms with E-state index in [0.29, 0.717) is 5.56 Å². The number of carbonyl (C=O) groups is 3. The molecule has 2 aromatic carbocycles. The van der Waals surface area contributed by atoms with Crippen molar-refractivity contribution < 1.29 is 32.7 Å². The number of hydrogen-bond donors (Lipinski definition) is 1. The number of esters is 1. The quantitative estimate of drug-likeness (QED) is 0.513. The third-order valence-corrected chi connectivity index (χ3v) is 4.25. The molecule has 9 nitrogen and oxygen atoms in total. The van der Waals surface area contributed by atoms with Crippen LogP contribution in [0.3, 0.4) is 0 Å². The molecular formula is C21H17NO8. The molecule has 0 fully saturated rings. The summed E-state index contributed by atoms with van der Waals surface area (Å²) >= 11 is 0. The van der Waals surface area contributed by atoms with E-state index in [0.717, 1.165) is 0 Å². The minimum Gasteiger partial charge on any atom is -0.473 e. The van der Waals surface area contributed by atoms with E-state index in [2.05, 4.69) is 5.32 Å². The van der Waals surface area contributed by atoms with Crippen molar-refractivity contribution in [3.63, 3.8) is 0 Å². The number of amides is 2. The van der Waals surface area contributed by atoms with Gasteiger partial charge in [-0.2, -0.15) is 0 Å². The zero-order chi connectivity index (χ0) is 21.6. The number of nitrogens with one attached hydrogen (secondary N) is 1. The summed E-state index contributed by atoms with van der Waals surface area (Å²) in [5, 5.41) is 2.19. The molecule has 0 radical (unpaired) electrons. The maximum absolute atomic E-state index is 12.9. The van der Waals surface area contributed by atoms with Gasteiger partial charge < -0.3 is 18.3 Å². The fourth-order valence-electron chi connectivity index (χ4n) is 3.07. The number of imide groups is 1. The van der Waals surface area contributed by atoms with Crippen LogP contribution in [0.2, 0.25) is 0 Å². The maximum atomic E-state index is 12.9. The van der Waals surface area contributed by atoms with Gasteiger partial charge in [0.2, 0.25) is 6.10 Å². The Bertz CT molecular complexity index is 1240. The molecule has 0 saturated heterocycles. The highest BCUT2D eigenvalue weighted by Gasteiger charge is 2.34. The molecule has 30 heavy (non-hydrogen) atoms. The van der Waals surface area contributed by atoms with Gasteiger partial charge in [0.15, 0.2) is 11.2 Å². The van der Waals surface area contributed by atoms with Gasteiger partial charge in [0, 0.05) is 5.56 Å². The Balaban J connectivity index is 1.78. The standard InChI is InChI=1S/C21H17NO8/c1-21(2,3)30-19(25)16(10-7-8-12-14(9-10)29-20(26)28-12)27-13-6-4-5-11-15(13)18(24)22-17(11)23/h4-9,16H,1-3H3,(H,22,23,24). The lowest BCUT2D eigenvalue weighted by atomic mass is 10.1. The first-order valence-corrected chi connectivity index (χ1v) is 9.04. The van der Waals surface area contributed by atoms with Gasteiger partial charge >= 0.3 is 11.8 Å². The summed E-state index contributed by atoms with van der Waals surface area (Å²) in [4.78, 5) is 48.4. The van der Waals surface area contributed by atoms with Crippen molar-refractivity contribution in [2.45, 2.75) is 32.5 Å². The normalized spacial score (nSPS) is 14.4. The van der Waals surface area contributed by atoms with E-state index < -0.39 is 35.3 Å². The second-order valence-corrected chi connectivity index (χ2v) is 7.65. The molecule has 0 aliphatic carbocycles. The topological polar surface area (TPSA) is 125 Å². The number of rotatable bonds is 4. The first-order valence-electron chi connectivity index (χ1n) is 9.04. The number of carbonyl (C=O) groups excluding carboxylic acids is 3. The zero-order valence-corrected chi connectivity index (χ0v) is 16.3. The van der Waals surface area contributed by atoms with Crippen LogP contribution >= 0.6 is 0 Å². The Morgan fingerprint density at radius 1 is 1.00 bits per heavy atom. The largest absolute Gasteiger partial charge is 0.519 e. The van der Waals surface area contributed by atoms with Crippen LogP contribution in [0, 0.1) is 0 Å². The summed E-state index contributed by atoms with van der Waals surface area (Å²) in [6.45, 7) is 5.10. The molecule has 1 aromatic heterocycles. The fraction of sp³-hybridized carbons (Fsp3) is 0.238. The molecule has 1 aliphatic heterocycles. The van der Waals surface area contributed by atoms with Gasteiger partial charge in [-0.3, -0.25) is 14.9 Å². The van der Waals surface area contributed by atoms with E-state index in [4.69, 9.17) is 18.3 Å². The second-order valence-electron chi connectivity index (χ2n) is 7.65. The van der Waals surface area contributed by atoms with Crippen LogP contribution in [0.15, 0.2) is 50.0 Å². The molecule has 0 bridgehead atoms. The van der Waals surface area contributed by atoms with E-state index in [1.807, 2.05) is 0 Å². The molecule has 2 heterocycles. The number of hydrogen-bond acceptors (Lipinski definition) is 8. The molecule has 1 aliphatic rings. The van der Waals surface area contributed by atoms with Gasteiger partial charge in [0.25, 0.3) is 11.8 Å². The number of fused-ring (bicyclic) bond motifs is 2. The first-order chi connectivity index (χ1) is 14.1. The van der Waals surface area contributed by atoms with Crippen molar-refractivity contribution in [1.82, 2.24) is 5.32 Å². The fourth-order valence-corrected chi connectivity index (χ4v) is 3.07. The van der Waals surface area contributed by atoms with Gasteiger partial charge in [0.1, 0.15) is 11.4 Å². The van der Waals surface area contributed by atoms with Gasteiger partial charge in [-0.15, -0.1) is 0 Å². The Labute approximate surface area is 169 Å². The lowest BCUT2D eigenvalue weighted by Crippen LogP contribution is -2.30. The van der Waals surface area contributed by atoms with Crippen molar-refractivity contribution in [2.75, 3.05) is 0 Å². The van der Waals surface area contributed by atoms with Gasteiger partial charge in [-0.05, 0) is 45.0 Å². The summed E-state index contributed by atoms with van der Waals surface area (Å²) < 4.78 is 21.2. The average Bonchev–Trinajstić information content (AvgIpc) is 3.16. The minimum absolute atomic E-state index is 0.0342. The number of ether oxygens (including phenoxy) is 2. The Hall–Kier alpha value is -3.88. The first kappa shape index (κ1) is 19.4. The molecule has 1 N–H and O–H groups in total. The third-order valence-electron chi connectivity index (χ3n) is 4.25. The molecule has 3 aromatic rings. The summed E-state index contributed by atoms with van der Waals surface area (Å²) in [7, 11) is 0. The molecule has 4 rings (SSSR count). The Morgan fingerprint density at radius 3 is 2.47 bits per heavy atom. The van der Waals surface area contributed by atoms with Gasteiger partial charge in [-0.25, -0.2) is 9.59 Å². The molecule has 2 amide bonds. The van der Waals surface area contributed by atoms with Crippen molar-refractivity contribution in [2.24, 2.45) is 0 Å². The van der Waals surface area contributed by atoms with Crippen molar-refractivity contribution in [1.29, 1.82) is 0 Å². The van der Waals surface area contributed by atoms with Crippen molar-refractivity contribution in [3.8, 4) is 5.75 Å². The van der Waals surface area contributed by atoms with Crippen LogP contribution in [0.1, 0.15) is 53.2 Å². The molecule has 9 heteroatoms. The summed E-state index contributed by atoms with van der Waals surface area (Å²) in [6, 6.07) is 8.90. The molecule has 154 valence electrons. The molecule has 1 atom stereocenters. The zero-order valence-electron chi connectivity index (χ0n) is 16.3. The Kier molecular flexibility index (Phi) is 4.45. The highest BCUT2D eigenvalue weighted by atomic mass is 16.6. The van der Waals surface area contributed by atoms with Crippen LogP contribution in [0.4, 0.5) is 0 Å².